The Labute approximate surface area is 760 Å². The van der Waals surface area contributed by atoms with Gasteiger partial charge in [0.1, 0.15) is 96.9 Å². The lowest BCUT2D eigenvalue weighted by Gasteiger charge is -2.36. The summed E-state index contributed by atoms with van der Waals surface area (Å²) in [6.45, 7) is 3.89. The number of amides is 16. The van der Waals surface area contributed by atoms with Crippen molar-refractivity contribution in [2.24, 2.45) is 23.1 Å². The Morgan fingerprint density at radius 3 is 1.74 bits per heavy atom. The first-order valence-electron chi connectivity index (χ1n) is 43.5. The Kier molecular flexibility index (Phi) is 38.5. The number of nitrogens with one attached hydrogen (secondary N) is 11. The molecule has 2 aromatic heterocycles. The fraction of sp³-hybridized carbons (Fsp3) is 0.540. The molecule has 5 heterocycles. The number of thioether (sulfide) groups is 1. The van der Waals surface area contributed by atoms with E-state index in [4.69, 9.17) is 17.2 Å². The van der Waals surface area contributed by atoms with Crippen molar-refractivity contribution in [2.45, 2.75) is 222 Å². The Morgan fingerprint density at radius 1 is 0.565 bits per heavy atom. The molecule has 0 aliphatic carbocycles. The first-order chi connectivity index (χ1) is 62.2. The minimum atomic E-state index is -1.97. The van der Waals surface area contributed by atoms with Crippen LogP contribution in [0.4, 0.5) is 0 Å². The molecule has 8 rings (SSSR count). The van der Waals surface area contributed by atoms with E-state index in [0.717, 1.165) is 36.3 Å². The summed E-state index contributed by atoms with van der Waals surface area (Å²) in [5.41, 5.74) is 19.9. The molecular weight excluding hydrogens is 1730 g/mol. The number of likely N-dealkylation sites (N-methyl/N-ethyl adjacent to an activating group) is 3. The highest BCUT2D eigenvalue weighted by atomic mass is 32.2. The zero-order valence-electron chi connectivity index (χ0n) is 74.5. The quantitative estimate of drug-likeness (QED) is 0.0279. The van der Waals surface area contributed by atoms with Crippen molar-refractivity contribution in [1.29, 1.82) is 0 Å². The van der Waals surface area contributed by atoms with Crippen LogP contribution < -0.4 is 70.4 Å². The smallest absolute Gasteiger partial charge is 0.323 e. The third-order valence-electron chi connectivity index (χ3n) is 23.3. The van der Waals surface area contributed by atoms with E-state index < -0.39 is 267 Å². The van der Waals surface area contributed by atoms with Crippen LogP contribution >= 0.6 is 11.8 Å². The van der Waals surface area contributed by atoms with E-state index in [9.17, 15) is 83.1 Å². The Hall–Kier alpha value is -12.8. The van der Waals surface area contributed by atoms with Gasteiger partial charge in [0.2, 0.25) is 94.5 Å². The van der Waals surface area contributed by atoms with Crippen molar-refractivity contribution >= 4 is 140 Å². The van der Waals surface area contributed by atoms with Crippen LogP contribution in [0.1, 0.15) is 122 Å². The molecule has 44 heteroatoms. The molecule has 131 heavy (non-hydrogen) atoms. The molecule has 3 saturated heterocycles. The summed E-state index contributed by atoms with van der Waals surface area (Å²) in [5.74, 6) is -20.3. The number of rotatable bonds is 24. The molecule has 0 radical (unpaired) electrons. The molecule has 3 aromatic carbocycles. The number of nitrogens with zero attached hydrogens (tertiary/aromatic N) is 6. The van der Waals surface area contributed by atoms with Gasteiger partial charge in [0.05, 0.1) is 31.4 Å². The summed E-state index contributed by atoms with van der Waals surface area (Å²) >= 11 is 0.731. The zero-order valence-corrected chi connectivity index (χ0v) is 75.3. The van der Waals surface area contributed by atoms with Crippen molar-refractivity contribution in [3.8, 4) is 5.75 Å². The molecule has 3 aliphatic heterocycles. The minimum Gasteiger partial charge on any atom is -0.508 e. The largest absolute Gasteiger partial charge is 0.508 e. The molecule has 16 amide bonds. The van der Waals surface area contributed by atoms with Gasteiger partial charge >= 0.3 is 11.9 Å². The number of carbonyl (C=O) groups excluding carboxylic acids is 16. The van der Waals surface area contributed by atoms with Gasteiger partial charge < -0.3 is 130 Å². The van der Waals surface area contributed by atoms with Gasteiger partial charge in [-0.15, -0.1) is 11.8 Å². The molecular formula is C87H122N20O23S. The number of aromatic nitrogens is 2. The fourth-order valence-electron chi connectivity index (χ4n) is 16.1. The Balaban J connectivity index is 1.19. The molecule has 3 fully saturated rings. The first-order valence-corrected chi connectivity index (χ1v) is 44.7. The highest BCUT2D eigenvalue weighted by Gasteiger charge is 2.47. The van der Waals surface area contributed by atoms with Crippen LogP contribution in [0.15, 0.2) is 85.2 Å². The summed E-state index contributed by atoms with van der Waals surface area (Å²) < 4.78 is 1.40. The highest BCUT2D eigenvalue weighted by Crippen LogP contribution is 2.29. The maximum Gasteiger partial charge on any atom is 0.323 e. The SMILES string of the molecule is CCCC[C@H]1C(=O)N(C)[C@@H](CCCC)C(=O)N[C@@H](CN)C(=O)N[C@H](C(=O)NCC(N)=O)CSCC(=O)N[C@@H](Cc2ccc(O)cc2)C(=O)N(C)[C@@H](C)C(=O)N[C@@H](CC(=O)O)C(=O)N2CCC[C@H]2C(=O)N[C@@H](CN)C(=O)N[C@@H](CC(C)C)C(=O)N2C[C@H](O)C[C@H]2C(=O)N[C@@H](Cc2c[nH]c3ccccc23)C(=O)N[C@@H](CO)C(=O)N[C@@H](Cc2cn(CC(=O)O)c3ccccc23)C(=O)N1C. The third-order valence-corrected chi connectivity index (χ3v) is 24.3. The monoisotopic (exact) mass is 1850 g/mol. The number of H-pyrrole nitrogens is 1. The number of benzene rings is 3. The number of aliphatic hydroxyl groups excluding tert-OH is 2. The average Bonchev–Trinajstić information content (AvgIpc) is 1.10. The van der Waals surface area contributed by atoms with Gasteiger partial charge in [-0.3, -0.25) is 86.3 Å². The summed E-state index contributed by atoms with van der Waals surface area (Å²) in [6.07, 6.45) is 0.427. The van der Waals surface area contributed by atoms with Crippen molar-refractivity contribution in [3.63, 3.8) is 0 Å². The van der Waals surface area contributed by atoms with Gasteiger partial charge in [0.25, 0.3) is 0 Å². The van der Waals surface area contributed by atoms with E-state index in [2.05, 4.69) is 58.2 Å². The number of aromatic amines is 1. The number of primary amides is 1. The zero-order chi connectivity index (χ0) is 96.4. The molecule has 714 valence electrons. The topological polar surface area (TPSA) is 644 Å². The second-order valence-electron chi connectivity index (χ2n) is 33.4. The molecule has 43 nitrogen and oxygen atoms in total. The maximum absolute atomic E-state index is 15.8. The number of carboxylic acids is 2. The van der Waals surface area contributed by atoms with Gasteiger partial charge in [-0.1, -0.05) is 102 Å². The number of carbonyl (C=O) groups is 18. The number of aliphatic carboxylic acids is 2. The van der Waals surface area contributed by atoms with Crippen LogP contribution in [-0.4, -0.2) is 329 Å². The molecule has 0 unspecified atom stereocenters. The van der Waals surface area contributed by atoms with E-state index in [1.165, 1.54) is 63.1 Å². The predicted octanol–water partition coefficient (Wildman–Crippen LogP) is -4.08. The standard InChI is InChI=1S/C87H122N20O23S/c1-9-11-21-66-80(123)98-62(37-89)78(121)101-64(75(118)92-39-70(90)111)44-131-45-71(112)93-58(31-48-25-27-51(109)28-26-48)83(126)102(6)47(5)74(117)95-60(35-72(113)114)85(128)106-29-17-24-67(106)81(124)99-61(36-88)77(120)96-57(30-46(3)4)86(129)107-41-52(110)34-69(107)82(125)94-56(32-49-38-91-55-20-15-13-18-53(49)55)76(119)100-63(43-108)79(122)97-59(84(127)104(8)68(22-12-10-2)87(130)103(66)7)33-50-40-105(42-73(115)116)65-23-16-14-19-54(50)65/h13-16,18-20,23,25-28,38,40,46-47,52,56-64,66-69,91,108-110H,9-12,17,21-22,24,29-37,39,41-45,88-89H2,1-8H3,(H2,90,111)(H,92,118)(H,93,112)(H,94,125)(H,95,117)(H,96,120)(H,97,122)(H,98,123)(H,99,124)(H,100,119)(H,101,121)(H,113,114)(H,115,116)/t47-,52+,56-,57-,58-,59-,60-,61-,62-,63-,64-,66-,67-,68-,69-/m0/s1. The average molecular weight is 1850 g/mol. The minimum absolute atomic E-state index is 0.0540. The van der Waals surface area contributed by atoms with E-state index in [-0.39, 0.29) is 69.6 Å². The van der Waals surface area contributed by atoms with Gasteiger partial charge in [0.15, 0.2) is 0 Å². The number of hydrogen-bond acceptors (Lipinski definition) is 24. The number of hydrogen-bond donors (Lipinski definition) is 19. The van der Waals surface area contributed by atoms with Gasteiger partial charge in [-0.25, -0.2) is 0 Å². The van der Waals surface area contributed by atoms with Crippen molar-refractivity contribution in [2.75, 3.05) is 72.0 Å². The molecule has 22 N–H and O–H groups in total. The number of aromatic hydroxyl groups is 1. The van der Waals surface area contributed by atoms with E-state index >= 15 is 28.8 Å². The lowest BCUT2D eigenvalue weighted by Crippen LogP contribution is -2.62. The summed E-state index contributed by atoms with van der Waals surface area (Å²) in [5, 5.41) is 79.4. The molecule has 0 spiro atoms. The molecule has 5 aromatic rings. The Bertz CT molecular complexity index is 4970. The van der Waals surface area contributed by atoms with Crippen LogP contribution in [-0.2, 0) is 112 Å². The van der Waals surface area contributed by atoms with Crippen LogP contribution in [0.2, 0.25) is 0 Å². The Morgan fingerprint density at radius 2 is 1.11 bits per heavy atom. The second-order valence-corrected chi connectivity index (χ2v) is 34.5. The first kappa shape index (κ1) is 104. The van der Waals surface area contributed by atoms with E-state index in [0.29, 0.717) is 57.8 Å². The lowest BCUT2D eigenvalue weighted by molar-refractivity contribution is -0.149. The number of phenols is 1. The summed E-state index contributed by atoms with van der Waals surface area (Å²) in [7, 11) is 3.75. The van der Waals surface area contributed by atoms with Crippen LogP contribution in [0.5, 0.6) is 5.75 Å². The highest BCUT2D eigenvalue weighted by molar-refractivity contribution is 8.00. The number of phenolic OH excluding ortho intramolecular Hbond substituents is 1. The number of aliphatic hydroxyl groups is 2. The van der Waals surface area contributed by atoms with E-state index in [1.807, 2.05) is 6.92 Å². The van der Waals surface area contributed by atoms with Crippen LogP contribution in [0.25, 0.3) is 21.8 Å². The molecule has 0 bridgehead atoms. The number of para-hydroxylation sites is 2. The van der Waals surface area contributed by atoms with Crippen LogP contribution in [0, 0.1) is 5.92 Å². The third kappa shape index (κ3) is 28.1. The van der Waals surface area contributed by atoms with Crippen molar-refractivity contribution in [1.82, 2.24) is 87.2 Å². The molecule has 0 saturated carbocycles. The maximum atomic E-state index is 15.8. The normalized spacial score (nSPS) is 25.2. The molecule has 3 aliphatic rings. The molecule has 15 atom stereocenters. The van der Waals surface area contributed by atoms with Gasteiger partial charge in [0, 0.05) is 113 Å². The number of carboxylic acid groups (broad SMARTS) is 2. The lowest BCUT2D eigenvalue weighted by atomic mass is 10.00. The van der Waals surface area contributed by atoms with Gasteiger partial charge in [-0.05, 0) is 85.9 Å². The van der Waals surface area contributed by atoms with Crippen molar-refractivity contribution < 1.29 is 112 Å². The predicted molar refractivity (Wildman–Crippen MR) is 476 cm³/mol. The van der Waals surface area contributed by atoms with E-state index in [1.54, 1.807) is 75.5 Å². The number of nitrogens with two attached hydrogens (primary N) is 3. The van der Waals surface area contributed by atoms with Gasteiger partial charge in [-0.2, -0.15) is 0 Å². The number of fused-ring (bicyclic) bond motifs is 4. The second kappa shape index (κ2) is 48.7. The summed E-state index contributed by atoms with van der Waals surface area (Å²) in [4.78, 5) is 267. The van der Waals surface area contributed by atoms with Crippen molar-refractivity contribution in [3.05, 3.63) is 102 Å². The fourth-order valence-corrected chi connectivity index (χ4v) is 16.9. The number of unbranched alkanes of at least 4 members (excludes halogenated alkanes) is 2. The summed E-state index contributed by atoms with van der Waals surface area (Å²) in [6, 6.07) is -3.80. The van der Waals surface area contributed by atoms with Crippen LogP contribution in [0.3, 0.4) is 0 Å².